The fourth-order valence-electron chi connectivity index (χ4n) is 2.30. The third-order valence-electron chi connectivity index (χ3n) is 3.52. The first kappa shape index (κ1) is 11.2. The van der Waals surface area contributed by atoms with Gasteiger partial charge in [0.2, 0.25) is 0 Å². The van der Waals surface area contributed by atoms with Crippen LogP contribution in [0, 0.1) is 23.7 Å². The minimum atomic E-state index is -0.581. The molecule has 1 saturated heterocycles. The molecule has 1 fully saturated rings. The van der Waals surface area contributed by atoms with Crippen LogP contribution in [-0.4, -0.2) is 23.2 Å². The van der Waals surface area contributed by atoms with Crippen LogP contribution in [0.2, 0.25) is 0 Å². The van der Waals surface area contributed by atoms with Gasteiger partial charge in [0.1, 0.15) is 11.2 Å². The number of ether oxygens (including phenoxy) is 1. The van der Waals surface area contributed by atoms with Crippen molar-refractivity contribution in [3.63, 3.8) is 0 Å². The Bertz CT molecular complexity index is 636. The van der Waals surface area contributed by atoms with E-state index in [-0.39, 0.29) is 6.04 Å². The van der Waals surface area contributed by atoms with Gasteiger partial charge in [-0.3, -0.25) is 0 Å². The Balaban J connectivity index is 2.01. The second kappa shape index (κ2) is 3.80. The SMILES string of the molecule is Cc1nc2ccc(C(N)C3(C#N)COC3)cc2[nH]1. The number of fused-ring (bicyclic) bond motifs is 1. The first-order valence-electron chi connectivity index (χ1n) is 5.85. The number of nitrogens with two attached hydrogens (primary N) is 1. The summed E-state index contributed by atoms with van der Waals surface area (Å²) in [6, 6.07) is 7.80. The van der Waals surface area contributed by atoms with Gasteiger partial charge in [0.25, 0.3) is 0 Å². The van der Waals surface area contributed by atoms with Crippen LogP contribution in [0.1, 0.15) is 17.4 Å². The molecule has 0 radical (unpaired) electrons. The molecule has 0 saturated carbocycles. The molecule has 1 aliphatic heterocycles. The molecule has 2 aromatic rings. The smallest absolute Gasteiger partial charge is 0.123 e. The highest BCUT2D eigenvalue weighted by Crippen LogP contribution is 2.38. The number of aromatic amines is 1. The van der Waals surface area contributed by atoms with Gasteiger partial charge >= 0.3 is 0 Å². The van der Waals surface area contributed by atoms with E-state index in [0.29, 0.717) is 13.2 Å². The summed E-state index contributed by atoms with van der Waals surface area (Å²) in [5.41, 5.74) is 8.44. The normalized spacial score (nSPS) is 19.2. The topological polar surface area (TPSA) is 87.7 Å². The van der Waals surface area contributed by atoms with Crippen molar-refractivity contribution >= 4 is 11.0 Å². The molecule has 5 nitrogen and oxygen atoms in total. The molecule has 2 heterocycles. The van der Waals surface area contributed by atoms with Crippen LogP contribution in [0.25, 0.3) is 11.0 Å². The molecule has 5 heteroatoms. The lowest BCUT2D eigenvalue weighted by atomic mass is 9.77. The molecule has 0 amide bonds. The Kier molecular flexibility index (Phi) is 2.37. The number of hydrogen-bond donors (Lipinski definition) is 2. The van der Waals surface area contributed by atoms with Gasteiger partial charge in [-0.2, -0.15) is 5.26 Å². The predicted molar refractivity (Wildman–Crippen MR) is 66.6 cm³/mol. The first-order chi connectivity index (χ1) is 8.64. The molecule has 3 N–H and O–H groups in total. The summed E-state index contributed by atoms with van der Waals surface area (Å²) in [5.74, 6) is 0.873. The third kappa shape index (κ3) is 1.50. The highest BCUT2D eigenvalue weighted by atomic mass is 16.5. The molecular formula is C13H14N4O. The number of aromatic nitrogens is 2. The van der Waals surface area contributed by atoms with E-state index in [1.807, 2.05) is 25.1 Å². The average molecular weight is 242 g/mol. The van der Waals surface area contributed by atoms with E-state index in [1.54, 1.807) is 0 Å². The maximum Gasteiger partial charge on any atom is 0.123 e. The van der Waals surface area contributed by atoms with Crippen molar-refractivity contribution in [2.45, 2.75) is 13.0 Å². The standard InChI is InChI=1S/C13H14N4O/c1-8-16-10-3-2-9(4-11(10)17-8)12(15)13(5-14)6-18-7-13/h2-4,12H,6-7,15H2,1H3,(H,16,17). The van der Waals surface area contributed by atoms with Crippen LogP contribution in [-0.2, 0) is 4.74 Å². The third-order valence-corrected chi connectivity index (χ3v) is 3.52. The molecule has 0 spiro atoms. The van der Waals surface area contributed by atoms with Crippen LogP contribution in [0.4, 0.5) is 0 Å². The molecule has 1 aromatic carbocycles. The van der Waals surface area contributed by atoms with E-state index < -0.39 is 5.41 Å². The minimum Gasteiger partial charge on any atom is -0.378 e. The number of rotatable bonds is 2. The second-order valence-electron chi connectivity index (χ2n) is 4.84. The molecule has 0 bridgehead atoms. The number of nitrogens with zero attached hydrogens (tertiary/aromatic N) is 2. The van der Waals surface area contributed by atoms with Crippen LogP contribution in [0.5, 0.6) is 0 Å². The summed E-state index contributed by atoms with van der Waals surface area (Å²) >= 11 is 0. The highest BCUT2D eigenvalue weighted by molar-refractivity contribution is 5.76. The maximum atomic E-state index is 9.26. The fourth-order valence-corrected chi connectivity index (χ4v) is 2.30. The Hall–Kier alpha value is -1.90. The lowest BCUT2D eigenvalue weighted by Crippen LogP contribution is -2.49. The monoisotopic (exact) mass is 242 g/mol. The van der Waals surface area contributed by atoms with Crippen molar-refractivity contribution in [1.82, 2.24) is 9.97 Å². The number of nitrogens with one attached hydrogen (secondary N) is 1. The summed E-state index contributed by atoms with van der Waals surface area (Å²) in [7, 11) is 0. The van der Waals surface area contributed by atoms with E-state index in [4.69, 9.17) is 10.5 Å². The minimum absolute atomic E-state index is 0.329. The molecule has 0 aliphatic carbocycles. The molecule has 1 atom stereocenters. The molecule has 3 rings (SSSR count). The zero-order valence-corrected chi connectivity index (χ0v) is 10.1. The number of aryl methyl sites for hydroxylation is 1. The Morgan fingerprint density at radius 3 is 2.94 bits per heavy atom. The molecular weight excluding hydrogens is 228 g/mol. The Labute approximate surface area is 105 Å². The summed E-state index contributed by atoms with van der Waals surface area (Å²) in [5, 5.41) is 9.26. The lowest BCUT2D eigenvalue weighted by molar-refractivity contribution is -0.0910. The lowest BCUT2D eigenvalue weighted by Gasteiger charge is -2.39. The zero-order valence-electron chi connectivity index (χ0n) is 10.1. The van der Waals surface area contributed by atoms with Gasteiger partial charge in [-0.1, -0.05) is 6.07 Å². The number of H-pyrrole nitrogens is 1. The maximum absolute atomic E-state index is 9.26. The second-order valence-corrected chi connectivity index (χ2v) is 4.84. The van der Waals surface area contributed by atoms with E-state index in [0.717, 1.165) is 22.4 Å². The number of imidazole rings is 1. The van der Waals surface area contributed by atoms with Crippen LogP contribution < -0.4 is 5.73 Å². The van der Waals surface area contributed by atoms with Gasteiger partial charge < -0.3 is 15.5 Å². The summed E-state index contributed by atoms with van der Waals surface area (Å²) in [6.45, 7) is 2.73. The van der Waals surface area contributed by atoms with Gasteiger partial charge in [0, 0.05) is 0 Å². The highest BCUT2D eigenvalue weighted by Gasteiger charge is 2.45. The van der Waals surface area contributed by atoms with Crippen molar-refractivity contribution < 1.29 is 4.74 Å². The van der Waals surface area contributed by atoms with Crippen LogP contribution in [0.15, 0.2) is 18.2 Å². The largest absolute Gasteiger partial charge is 0.378 e. The van der Waals surface area contributed by atoms with Crippen LogP contribution in [0.3, 0.4) is 0 Å². The van der Waals surface area contributed by atoms with Gasteiger partial charge in [-0.05, 0) is 24.6 Å². The summed E-state index contributed by atoms with van der Waals surface area (Å²) in [6.07, 6.45) is 0. The summed E-state index contributed by atoms with van der Waals surface area (Å²) < 4.78 is 5.14. The van der Waals surface area contributed by atoms with E-state index in [1.165, 1.54) is 0 Å². The quantitative estimate of drug-likeness (QED) is 0.833. The fraction of sp³-hybridized carbons (Fsp3) is 0.385. The molecule has 1 unspecified atom stereocenters. The van der Waals surface area contributed by atoms with Crippen molar-refractivity contribution in [2.75, 3.05) is 13.2 Å². The van der Waals surface area contributed by atoms with Crippen molar-refractivity contribution in [1.29, 1.82) is 5.26 Å². The van der Waals surface area contributed by atoms with Gasteiger partial charge in [-0.25, -0.2) is 4.98 Å². The molecule has 18 heavy (non-hydrogen) atoms. The van der Waals surface area contributed by atoms with E-state index in [2.05, 4.69) is 16.0 Å². The van der Waals surface area contributed by atoms with Crippen LogP contribution >= 0.6 is 0 Å². The molecule has 1 aromatic heterocycles. The van der Waals surface area contributed by atoms with E-state index >= 15 is 0 Å². The van der Waals surface area contributed by atoms with E-state index in [9.17, 15) is 5.26 Å². The summed E-state index contributed by atoms with van der Waals surface area (Å²) in [4.78, 5) is 7.52. The van der Waals surface area contributed by atoms with Gasteiger partial charge in [0.15, 0.2) is 0 Å². The van der Waals surface area contributed by atoms with Gasteiger partial charge in [0.05, 0.1) is 36.4 Å². The Morgan fingerprint density at radius 2 is 2.33 bits per heavy atom. The van der Waals surface area contributed by atoms with Crippen molar-refractivity contribution in [2.24, 2.45) is 11.1 Å². The molecule has 1 aliphatic rings. The number of nitriles is 1. The first-order valence-corrected chi connectivity index (χ1v) is 5.85. The number of benzene rings is 1. The van der Waals surface area contributed by atoms with Gasteiger partial charge in [-0.15, -0.1) is 0 Å². The van der Waals surface area contributed by atoms with Crippen molar-refractivity contribution in [3.8, 4) is 6.07 Å². The molecule has 92 valence electrons. The average Bonchev–Trinajstić information content (AvgIpc) is 2.67. The van der Waals surface area contributed by atoms with Crippen molar-refractivity contribution in [3.05, 3.63) is 29.6 Å². The number of hydrogen-bond acceptors (Lipinski definition) is 4. The Morgan fingerprint density at radius 1 is 1.56 bits per heavy atom. The zero-order chi connectivity index (χ0) is 12.8. The predicted octanol–water partition coefficient (Wildman–Crippen LogP) is 1.41.